The summed E-state index contributed by atoms with van der Waals surface area (Å²) in [6.07, 6.45) is 0. The fourth-order valence-corrected chi connectivity index (χ4v) is 1.45. The molecule has 0 aliphatic heterocycles. The Morgan fingerprint density at radius 1 is 1.67 bits per heavy atom. The summed E-state index contributed by atoms with van der Waals surface area (Å²) in [5.41, 5.74) is -0.0330. The van der Waals surface area contributed by atoms with Gasteiger partial charge in [-0.25, -0.2) is 0 Å². The Hall–Kier alpha value is -2.13. The van der Waals surface area contributed by atoms with Crippen molar-refractivity contribution in [2.24, 2.45) is 5.92 Å². The van der Waals surface area contributed by atoms with Gasteiger partial charge in [0.1, 0.15) is 0 Å². The van der Waals surface area contributed by atoms with E-state index in [4.69, 9.17) is 16.9 Å². The van der Waals surface area contributed by atoms with Gasteiger partial charge in [0.25, 0.3) is 11.6 Å². The van der Waals surface area contributed by atoms with Crippen LogP contribution >= 0.6 is 11.6 Å². The first-order chi connectivity index (χ1) is 8.45. The molecule has 1 aromatic rings. The van der Waals surface area contributed by atoms with E-state index in [0.29, 0.717) is 0 Å². The number of nitrogens with one attached hydrogen (secondary N) is 1. The predicted molar refractivity (Wildman–Crippen MR) is 65.2 cm³/mol. The molecule has 1 rings (SSSR count). The van der Waals surface area contributed by atoms with Crippen LogP contribution in [0.1, 0.15) is 17.3 Å². The minimum Gasteiger partial charge on any atom is -0.351 e. The van der Waals surface area contributed by atoms with E-state index in [9.17, 15) is 14.9 Å². The van der Waals surface area contributed by atoms with Gasteiger partial charge in [-0.1, -0.05) is 11.6 Å². The van der Waals surface area contributed by atoms with E-state index in [-0.39, 0.29) is 28.7 Å². The number of rotatable bonds is 4. The number of nitrogens with zero attached hydrogens (tertiary/aromatic N) is 2. The SMILES string of the molecule is CC(C#N)CNC(=O)c1ccc([N+](=O)[O-])cc1Cl. The van der Waals surface area contributed by atoms with E-state index in [2.05, 4.69) is 5.32 Å². The summed E-state index contributed by atoms with van der Waals surface area (Å²) in [6.45, 7) is 1.86. The van der Waals surface area contributed by atoms with Crippen molar-refractivity contribution >= 4 is 23.2 Å². The van der Waals surface area contributed by atoms with Crippen LogP contribution < -0.4 is 5.32 Å². The quantitative estimate of drug-likeness (QED) is 0.667. The molecule has 0 saturated heterocycles. The first-order valence-corrected chi connectivity index (χ1v) is 5.45. The van der Waals surface area contributed by atoms with Crippen LogP contribution in [0, 0.1) is 27.4 Å². The molecule has 0 heterocycles. The Morgan fingerprint density at radius 3 is 2.83 bits per heavy atom. The van der Waals surface area contributed by atoms with Crippen LogP contribution in [-0.4, -0.2) is 17.4 Å². The van der Waals surface area contributed by atoms with Gasteiger partial charge in [0, 0.05) is 18.7 Å². The number of non-ortho nitro benzene ring substituents is 1. The molecule has 6 nitrogen and oxygen atoms in total. The highest BCUT2D eigenvalue weighted by molar-refractivity contribution is 6.34. The van der Waals surface area contributed by atoms with Gasteiger partial charge < -0.3 is 5.32 Å². The van der Waals surface area contributed by atoms with Crippen LogP contribution in [0.2, 0.25) is 5.02 Å². The molecule has 1 aromatic carbocycles. The molecule has 1 atom stereocenters. The maximum atomic E-state index is 11.7. The topological polar surface area (TPSA) is 96.0 Å². The highest BCUT2D eigenvalue weighted by atomic mass is 35.5. The molecule has 94 valence electrons. The second-order valence-electron chi connectivity index (χ2n) is 3.66. The summed E-state index contributed by atoms with van der Waals surface area (Å²) < 4.78 is 0. The number of nitriles is 1. The first-order valence-electron chi connectivity index (χ1n) is 5.07. The van der Waals surface area contributed by atoms with Crippen LogP contribution in [0.15, 0.2) is 18.2 Å². The van der Waals surface area contributed by atoms with Crippen LogP contribution in [0.5, 0.6) is 0 Å². The smallest absolute Gasteiger partial charge is 0.270 e. The highest BCUT2D eigenvalue weighted by Gasteiger charge is 2.15. The van der Waals surface area contributed by atoms with Crippen molar-refractivity contribution in [1.82, 2.24) is 5.32 Å². The molecule has 1 unspecified atom stereocenters. The number of carbonyl (C=O) groups is 1. The maximum Gasteiger partial charge on any atom is 0.270 e. The molecule has 0 radical (unpaired) electrons. The number of hydrogen-bond acceptors (Lipinski definition) is 4. The van der Waals surface area contributed by atoms with Crippen molar-refractivity contribution in [2.75, 3.05) is 6.54 Å². The van der Waals surface area contributed by atoms with Gasteiger partial charge in [-0.3, -0.25) is 14.9 Å². The summed E-state index contributed by atoms with van der Waals surface area (Å²) in [7, 11) is 0. The van der Waals surface area contributed by atoms with E-state index in [1.165, 1.54) is 12.1 Å². The summed E-state index contributed by atoms with van der Waals surface area (Å²) in [6, 6.07) is 5.58. The molecule has 1 amide bonds. The third-order valence-corrected chi connectivity index (χ3v) is 2.51. The third kappa shape index (κ3) is 3.43. The van der Waals surface area contributed by atoms with Crippen molar-refractivity contribution in [3.8, 4) is 6.07 Å². The van der Waals surface area contributed by atoms with Crippen LogP contribution in [0.4, 0.5) is 5.69 Å². The van der Waals surface area contributed by atoms with Crippen LogP contribution in [0.3, 0.4) is 0 Å². The zero-order valence-electron chi connectivity index (χ0n) is 9.51. The molecule has 7 heteroatoms. The third-order valence-electron chi connectivity index (χ3n) is 2.20. The molecule has 1 N–H and O–H groups in total. The van der Waals surface area contributed by atoms with E-state index in [1.54, 1.807) is 6.92 Å². The molecular weight excluding hydrogens is 258 g/mol. The monoisotopic (exact) mass is 267 g/mol. The molecule has 0 bridgehead atoms. The van der Waals surface area contributed by atoms with Crippen molar-refractivity contribution < 1.29 is 9.72 Å². The van der Waals surface area contributed by atoms with Crippen molar-refractivity contribution in [3.63, 3.8) is 0 Å². The van der Waals surface area contributed by atoms with Gasteiger partial charge in [0.05, 0.1) is 27.5 Å². The molecule has 0 spiro atoms. The fourth-order valence-electron chi connectivity index (χ4n) is 1.19. The number of amides is 1. The molecule has 0 aliphatic carbocycles. The van der Waals surface area contributed by atoms with E-state index < -0.39 is 10.8 Å². The Bertz CT molecular complexity index is 525. The molecule has 0 aliphatic rings. The molecule has 0 aromatic heterocycles. The largest absolute Gasteiger partial charge is 0.351 e. The van der Waals surface area contributed by atoms with E-state index >= 15 is 0 Å². The van der Waals surface area contributed by atoms with Gasteiger partial charge in [0.2, 0.25) is 0 Å². The van der Waals surface area contributed by atoms with Gasteiger partial charge in [-0.05, 0) is 13.0 Å². The zero-order valence-corrected chi connectivity index (χ0v) is 10.3. The lowest BCUT2D eigenvalue weighted by molar-refractivity contribution is -0.384. The first kappa shape index (κ1) is 13.9. The average molecular weight is 268 g/mol. The summed E-state index contributed by atoms with van der Waals surface area (Å²) in [5.74, 6) is -0.775. The van der Waals surface area contributed by atoms with Gasteiger partial charge in [0.15, 0.2) is 0 Å². The number of hydrogen-bond donors (Lipinski definition) is 1. The molecule has 0 fully saturated rings. The Kier molecular flexibility index (Phi) is 4.63. The zero-order chi connectivity index (χ0) is 13.7. The highest BCUT2D eigenvalue weighted by Crippen LogP contribution is 2.22. The lowest BCUT2D eigenvalue weighted by Gasteiger charge is -2.07. The Labute approximate surface area is 108 Å². The second-order valence-corrected chi connectivity index (χ2v) is 4.07. The lowest BCUT2D eigenvalue weighted by Crippen LogP contribution is -2.28. The average Bonchev–Trinajstić information content (AvgIpc) is 2.35. The van der Waals surface area contributed by atoms with Gasteiger partial charge in [-0.15, -0.1) is 0 Å². The summed E-state index contributed by atoms with van der Waals surface area (Å²) in [5, 5.41) is 21.6. The normalized spacial score (nSPS) is 11.4. The van der Waals surface area contributed by atoms with E-state index in [0.717, 1.165) is 6.07 Å². The Morgan fingerprint density at radius 2 is 2.33 bits per heavy atom. The van der Waals surface area contributed by atoms with Crippen LogP contribution in [0.25, 0.3) is 0 Å². The fraction of sp³-hybridized carbons (Fsp3) is 0.273. The van der Waals surface area contributed by atoms with Crippen LogP contribution in [-0.2, 0) is 0 Å². The van der Waals surface area contributed by atoms with E-state index in [1.807, 2.05) is 6.07 Å². The number of nitro groups is 1. The molecule has 0 saturated carbocycles. The van der Waals surface area contributed by atoms with Gasteiger partial charge >= 0.3 is 0 Å². The number of halogens is 1. The summed E-state index contributed by atoms with van der Waals surface area (Å²) >= 11 is 5.79. The lowest BCUT2D eigenvalue weighted by atomic mass is 10.1. The number of carbonyl (C=O) groups excluding carboxylic acids is 1. The second kappa shape index (κ2) is 5.98. The predicted octanol–water partition coefficient (Wildman–Crippen LogP) is 2.14. The Balaban J connectivity index is 2.81. The van der Waals surface area contributed by atoms with Crippen molar-refractivity contribution in [2.45, 2.75) is 6.92 Å². The van der Waals surface area contributed by atoms with Gasteiger partial charge in [-0.2, -0.15) is 5.26 Å². The number of nitro benzene ring substituents is 1. The molecule has 18 heavy (non-hydrogen) atoms. The maximum absolute atomic E-state index is 11.7. The van der Waals surface area contributed by atoms with Crippen molar-refractivity contribution in [1.29, 1.82) is 5.26 Å². The summed E-state index contributed by atoms with van der Waals surface area (Å²) in [4.78, 5) is 21.6. The minimum atomic E-state index is -0.592. The standard InChI is InChI=1S/C11H10ClN3O3/c1-7(5-13)6-14-11(16)9-3-2-8(15(17)18)4-10(9)12/h2-4,7H,6H2,1H3,(H,14,16). The molecular formula is C11H10ClN3O3. The number of benzene rings is 1. The minimum absolute atomic E-state index is 0.00584. The van der Waals surface area contributed by atoms with Crippen molar-refractivity contribution in [3.05, 3.63) is 38.9 Å².